The Morgan fingerprint density at radius 3 is 2.62 bits per heavy atom. The predicted molar refractivity (Wildman–Crippen MR) is 75.6 cm³/mol. The van der Waals surface area contributed by atoms with Crippen LogP contribution in [0, 0.1) is 9.49 Å². The number of anilines is 1. The molecular weight excluding hydrogens is 338 g/mol. The summed E-state index contributed by atoms with van der Waals surface area (Å²) in [4.78, 5) is 11.7. The van der Waals surface area contributed by atoms with E-state index in [0.717, 1.165) is 3.57 Å². The number of benzene rings is 1. The summed E-state index contributed by atoms with van der Waals surface area (Å²) in [6.45, 7) is 3.81. The van der Waals surface area contributed by atoms with Crippen LogP contribution in [-0.4, -0.2) is 11.9 Å². The van der Waals surface area contributed by atoms with Crippen LogP contribution in [0.5, 0.6) is 0 Å². The van der Waals surface area contributed by atoms with Crippen LogP contribution in [0.3, 0.4) is 0 Å². The molecule has 0 heterocycles. The van der Waals surface area contributed by atoms with Gasteiger partial charge in [-0.2, -0.15) is 0 Å². The third-order valence-corrected chi connectivity index (χ3v) is 3.19. The molecule has 1 amide bonds. The molecule has 1 aromatic carbocycles. The van der Waals surface area contributed by atoms with Crippen LogP contribution in [0.4, 0.5) is 5.69 Å². The Balaban J connectivity index is 2.77. The Hall–Kier alpha value is -0.330. The molecule has 0 saturated heterocycles. The molecule has 3 nitrogen and oxygen atoms in total. The Morgan fingerprint density at radius 1 is 1.50 bits per heavy atom. The van der Waals surface area contributed by atoms with Gasteiger partial charge >= 0.3 is 0 Å². The molecule has 1 atom stereocenters. The van der Waals surface area contributed by atoms with Crippen LogP contribution in [0.2, 0.25) is 5.02 Å². The molecule has 0 aromatic heterocycles. The molecule has 16 heavy (non-hydrogen) atoms. The largest absolute Gasteiger partial charge is 0.323 e. The number of nitrogens with one attached hydrogen (secondary N) is 1. The monoisotopic (exact) mass is 352 g/mol. The van der Waals surface area contributed by atoms with Crippen molar-refractivity contribution in [3.63, 3.8) is 0 Å². The highest BCUT2D eigenvalue weighted by molar-refractivity contribution is 14.1. The third-order valence-electron chi connectivity index (χ3n) is 2.21. The Morgan fingerprint density at radius 2 is 2.12 bits per heavy atom. The fourth-order valence-corrected chi connectivity index (χ4v) is 2.01. The highest BCUT2D eigenvalue weighted by atomic mass is 127. The van der Waals surface area contributed by atoms with E-state index in [1.54, 1.807) is 12.1 Å². The van der Waals surface area contributed by atoms with E-state index >= 15 is 0 Å². The zero-order chi connectivity index (χ0) is 12.3. The Kier molecular flexibility index (Phi) is 5.01. The lowest BCUT2D eigenvalue weighted by Crippen LogP contribution is -2.39. The summed E-state index contributed by atoms with van der Waals surface area (Å²) >= 11 is 8.16. The lowest BCUT2D eigenvalue weighted by molar-refractivity contribution is -0.118. The van der Waals surface area contributed by atoms with Crippen molar-refractivity contribution in [2.24, 2.45) is 11.7 Å². The van der Waals surface area contributed by atoms with E-state index in [1.165, 1.54) is 0 Å². The van der Waals surface area contributed by atoms with Crippen molar-refractivity contribution in [2.45, 2.75) is 19.9 Å². The minimum Gasteiger partial charge on any atom is -0.323 e. The average molecular weight is 353 g/mol. The molecule has 0 aliphatic heterocycles. The van der Waals surface area contributed by atoms with Gasteiger partial charge in [-0.1, -0.05) is 25.4 Å². The molecule has 0 fully saturated rings. The first-order valence-corrected chi connectivity index (χ1v) is 6.39. The highest BCUT2D eigenvalue weighted by Gasteiger charge is 2.17. The maximum absolute atomic E-state index is 11.7. The van der Waals surface area contributed by atoms with Gasteiger partial charge in [-0.05, 0) is 46.7 Å². The van der Waals surface area contributed by atoms with Gasteiger partial charge in [-0.25, -0.2) is 0 Å². The Bertz CT molecular complexity index is 396. The minimum atomic E-state index is -0.518. The first kappa shape index (κ1) is 13.7. The van der Waals surface area contributed by atoms with E-state index in [9.17, 15) is 4.79 Å². The highest BCUT2D eigenvalue weighted by Crippen LogP contribution is 2.24. The fraction of sp³-hybridized carbons (Fsp3) is 0.364. The number of carbonyl (C=O) groups excluding carboxylic acids is 1. The van der Waals surface area contributed by atoms with Crippen molar-refractivity contribution in [3.8, 4) is 0 Å². The number of hydrogen-bond donors (Lipinski definition) is 2. The number of hydrogen-bond acceptors (Lipinski definition) is 2. The molecule has 0 aliphatic rings. The van der Waals surface area contributed by atoms with Gasteiger partial charge in [-0.15, -0.1) is 0 Å². The van der Waals surface area contributed by atoms with Gasteiger partial charge in [0.2, 0.25) is 5.91 Å². The number of halogens is 2. The molecule has 3 N–H and O–H groups in total. The van der Waals surface area contributed by atoms with Crippen molar-refractivity contribution in [1.82, 2.24) is 0 Å². The van der Waals surface area contributed by atoms with Crippen LogP contribution in [0.15, 0.2) is 18.2 Å². The van der Waals surface area contributed by atoms with Crippen molar-refractivity contribution in [2.75, 3.05) is 5.32 Å². The van der Waals surface area contributed by atoms with Gasteiger partial charge in [0.15, 0.2) is 0 Å². The zero-order valence-corrected chi connectivity index (χ0v) is 12.0. The zero-order valence-electron chi connectivity index (χ0n) is 9.13. The second kappa shape index (κ2) is 5.84. The molecule has 0 spiro atoms. The smallest absolute Gasteiger partial charge is 0.241 e. The summed E-state index contributed by atoms with van der Waals surface area (Å²) in [5.74, 6) is -0.110. The summed E-state index contributed by atoms with van der Waals surface area (Å²) in [7, 11) is 0. The topological polar surface area (TPSA) is 55.1 Å². The number of rotatable bonds is 3. The van der Waals surface area contributed by atoms with E-state index in [2.05, 4.69) is 27.9 Å². The van der Waals surface area contributed by atoms with Crippen LogP contribution in [-0.2, 0) is 4.79 Å². The molecule has 0 aliphatic carbocycles. The molecule has 0 saturated carbocycles. The standard InChI is InChI=1S/C11H14ClIN2O/c1-6(2)10(14)11(16)15-9-4-3-7(13)5-8(9)12/h3-6,10H,14H2,1-2H3,(H,15,16). The van der Waals surface area contributed by atoms with Gasteiger partial charge in [0, 0.05) is 3.57 Å². The van der Waals surface area contributed by atoms with Gasteiger partial charge in [0.25, 0.3) is 0 Å². The summed E-state index contributed by atoms with van der Waals surface area (Å²) in [5.41, 5.74) is 6.33. The normalized spacial score (nSPS) is 12.6. The number of amides is 1. The number of nitrogens with two attached hydrogens (primary N) is 1. The first-order chi connectivity index (χ1) is 7.41. The summed E-state index contributed by atoms with van der Waals surface area (Å²) in [6, 6.07) is 4.92. The van der Waals surface area contributed by atoms with E-state index in [0.29, 0.717) is 10.7 Å². The maximum Gasteiger partial charge on any atom is 0.241 e. The summed E-state index contributed by atoms with van der Waals surface area (Å²) in [6.07, 6.45) is 0. The Labute approximate surface area is 114 Å². The van der Waals surface area contributed by atoms with E-state index < -0.39 is 6.04 Å². The van der Waals surface area contributed by atoms with E-state index in [4.69, 9.17) is 17.3 Å². The first-order valence-electron chi connectivity index (χ1n) is 4.93. The molecule has 0 radical (unpaired) electrons. The molecule has 5 heteroatoms. The predicted octanol–water partition coefficient (Wildman–Crippen LogP) is 2.87. The van der Waals surface area contributed by atoms with Crippen molar-refractivity contribution < 1.29 is 4.79 Å². The summed E-state index contributed by atoms with van der Waals surface area (Å²) < 4.78 is 1.02. The molecule has 1 aromatic rings. The van der Waals surface area contributed by atoms with Crippen LogP contribution >= 0.6 is 34.2 Å². The van der Waals surface area contributed by atoms with Gasteiger partial charge in [0.05, 0.1) is 16.8 Å². The molecule has 1 rings (SSSR count). The van der Waals surface area contributed by atoms with Gasteiger partial charge in [-0.3, -0.25) is 4.79 Å². The average Bonchev–Trinajstić information content (AvgIpc) is 2.20. The lowest BCUT2D eigenvalue weighted by atomic mass is 10.1. The van der Waals surface area contributed by atoms with Crippen molar-refractivity contribution in [1.29, 1.82) is 0 Å². The van der Waals surface area contributed by atoms with Crippen LogP contribution in [0.25, 0.3) is 0 Å². The second-order valence-electron chi connectivity index (χ2n) is 3.88. The fourth-order valence-electron chi connectivity index (χ4n) is 1.11. The molecule has 0 bridgehead atoms. The SMILES string of the molecule is CC(C)C(N)C(=O)Nc1ccc(I)cc1Cl. The number of carbonyl (C=O) groups is 1. The maximum atomic E-state index is 11.7. The van der Waals surface area contributed by atoms with Crippen LogP contribution in [0.1, 0.15) is 13.8 Å². The quantitative estimate of drug-likeness (QED) is 0.822. The van der Waals surface area contributed by atoms with Crippen molar-refractivity contribution in [3.05, 3.63) is 26.8 Å². The molecule has 1 unspecified atom stereocenters. The molecule has 88 valence electrons. The van der Waals surface area contributed by atoms with Gasteiger partial charge < -0.3 is 11.1 Å². The third kappa shape index (κ3) is 3.61. The summed E-state index contributed by atoms with van der Waals surface area (Å²) in [5, 5.41) is 3.24. The minimum absolute atomic E-state index is 0.0997. The van der Waals surface area contributed by atoms with Crippen molar-refractivity contribution >= 4 is 45.8 Å². The van der Waals surface area contributed by atoms with Crippen LogP contribution < -0.4 is 11.1 Å². The van der Waals surface area contributed by atoms with E-state index in [-0.39, 0.29) is 11.8 Å². The second-order valence-corrected chi connectivity index (χ2v) is 5.54. The van der Waals surface area contributed by atoms with E-state index in [1.807, 2.05) is 19.9 Å². The lowest BCUT2D eigenvalue weighted by Gasteiger charge is -2.16. The molecular formula is C11H14ClIN2O. The van der Waals surface area contributed by atoms with Gasteiger partial charge in [0.1, 0.15) is 0 Å².